The molecule has 130 valence electrons. The van der Waals surface area contributed by atoms with Gasteiger partial charge in [-0.25, -0.2) is 0 Å². The van der Waals surface area contributed by atoms with E-state index in [1.807, 2.05) is 0 Å². The molecule has 3 aliphatic heterocycles. The number of hydrogen-bond donors (Lipinski definition) is 1. The van der Waals surface area contributed by atoms with Crippen molar-refractivity contribution >= 4 is 5.91 Å². The summed E-state index contributed by atoms with van der Waals surface area (Å²) in [5.74, 6) is -0.0463. The Kier molecular flexibility index (Phi) is 4.58. The number of alkyl halides is 2. The highest BCUT2D eigenvalue weighted by molar-refractivity contribution is 5.97. The van der Waals surface area contributed by atoms with E-state index in [1.54, 1.807) is 12.1 Å². The number of piperidine rings is 3. The molecule has 1 N–H and O–H groups in total. The zero-order valence-electron chi connectivity index (χ0n) is 13.7. The molecule has 0 aromatic heterocycles. The fourth-order valence-corrected chi connectivity index (χ4v) is 3.34. The molecule has 0 spiro atoms. The van der Waals surface area contributed by atoms with E-state index in [4.69, 9.17) is 4.74 Å². The Labute approximate surface area is 140 Å². The van der Waals surface area contributed by atoms with Gasteiger partial charge in [0, 0.05) is 18.2 Å². The maximum Gasteiger partial charge on any atom is 0.422 e. The quantitative estimate of drug-likeness (QED) is 0.840. The molecule has 24 heavy (non-hydrogen) atoms. The number of carbonyl (C=O) groups excluding carboxylic acids is 1. The van der Waals surface area contributed by atoms with Crippen molar-refractivity contribution in [3.8, 4) is 5.75 Å². The average molecular weight is 336 g/mol. The fourth-order valence-electron chi connectivity index (χ4n) is 3.34. The number of carbonyl (C=O) groups is 1. The van der Waals surface area contributed by atoms with Gasteiger partial charge < -0.3 is 15.0 Å². The van der Waals surface area contributed by atoms with Gasteiger partial charge in [0.1, 0.15) is 5.75 Å². The molecule has 3 heterocycles. The average Bonchev–Trinajstić information content (AvgIpc) is 2.56. The maximum absolute atomic E-state index is 13.8. The van der Waals surface area contributed by atoms with E-state index in [2.05, 4.69) is 16.8 Å². The van der Waals surface area contributed by atoms with Crippen LogP contribution < -0.4 is 10.1 Å². The predicted octanol–water partition coefficient (Wildman–Crippen LogP) is 3.06. The lowest BCUT2D eigenvalue weighted by Crippen LogP contribution is -2.57. The molecule has 3 saturated heterocycles. The van der Waals surface area contributed by atoms with Crippen LogP contribution in [0, 0.1) is 5.92 Å². The zero-order valence-corrected chi connectivity index (χ0v) is 13.7. The highest BCUT2D eigenvalue weighted by atomic mass is 19.3. The largest absolute Gasteiger partial charge is 0.428 e. The molecule has 1 aromatic carbocycles. The molecule has 4 rings (SSSR count). The first kappa shape index (κ1) is 16.9. The monoisotopic (exact) mass is 336 g/mol. The van der Waals surface area contributed by atoms with Crippen molar-refractivity contribution in [1.82, 2.24) is 10.2 Å². The van der Waals surface area contributed by atoms with Gasteiger partial charge in [-0.2, -0.15) is 8.78 Å². The summed E-state index contributed by atoms with van der Waals surface area (Å²) in [5.41, 5.74) is -0.287. The number of halogens is 2. The zero-order chi connectivity index (χ0) is 17.3. The first-order valence-corrected chi connectivity index (χ1v) is 8.22. The summed E-state index contributed by atoms with van der Waals surface area (Å²) < 4.78 is 32.4. The van der Waals surface area contributed by atoms with Gasteiger partial charge in [-0.1, -0.05) is 18.7 Å². The number of amides is 1. The van der Waals surface area contributed by atoms with Crippen LogP contribution in [-0.4, -0.2) is 42.6 Å². The van der Waals surface area contributed by atoms with Crippen molar-refractivity contribution < 1.29 is 18.3 Å². The van der Waals surface area contributed by atoms with Crippen LogP contribution in [0.3, 0.4) is 0 Å². The normalized spacial score (nSPS) is 26.0. The summed E-state index contributed by atoms with van der Waals surface area (Å²) in [7, 11) is 0. The number of nitrogens with one attached hydrogen (secondary N) is 1. The van der Waals surface area contributed by atoms with E-state index >= 15 is 0 Å². The van der Waals surface area contributed by atoms with Crippen LogP contribution >= 0.6 is 0 Å². The molecule has 3 fully saturated rings. The number of hydrogen-bond acceptors (Lipinski definition) is 3. The molecule has 4 nitrogen and oxygen atoms in total. The van der Waals surface area contributed by atoms with Crippen molar-refractivity contribution in [2.24, 2.45) is 5.92 Å². The van der Waals surface area contributed by atoms with Crippen LogP contribution in [0.25, 0.3) is 0 Å². The molecule has 1 atom stereocenters. The van der Waals surface area contributed by atoms with E-state index in [1.165, 1.54) is 19.1 Å². The number of para-hydroxylation sites is 1. The smallest absolute Gasteiger partial charge is 0.422 e. The van der Waals surface area contributed by atoms with Crippen molar-refractivity contribution in [2.75, 3.05) is 19.6 Å². The minimum atomic E-state index is -3.51. The van der Waals surface area contributed by atoms with Gasteiger partial charge in [-0.3, -0.25) is 4.79 Å². The van der Waals surface area contributed by atoms with Gasteiger partial charge in [0.05, 0.1) is 5.56 Å². The van der Waals surface area contributed by atoms with Crippen LogP contribution in [0.2, 0.25) is 0 Å². The van der Waals surface area contributed by atoms with E-state index in [9.17, 15) is 13.6 Å². The molecule has 1 aromatic rings. The number of fused-ring (bicyclic) bond motifs is 3. The lowest BCUT2D eigenvalue weighted by molar-refractivity contribution is -0.141. The Bertz CT molecular complexity index is 640. The molecule has 0 aliphatic carbocycles. The molecule has 1 amide bonds. The third kappa shape index (κ3) is 3.43. The van der Waals surface area contributed by atoms with Crippen molar-refractivity contribution in [3.63, 3.8) is 0 Å². The first-order chi connectivity index (χ1) is 11.4. The Hall–Kier alpha value is -1.95. The lowest BCUT2D eigenvalue weighted by atomic mass is 9.84. The fraction of sp³-hybridized carbons (Fsp3) is 0.500. The molecular weight excluding hydrogens is 314 g/mol. The van der Waals surface area contributed by atoms with Crippen LogP contribution in [-0.2, 0) is 0 Å². The highest BCUT2D eigenvalue weighted by Gasteiger charge is 2.37. The number of nitrogens with zero attached hydrogens (tertiary/aromatic N) is 1. The Balaban J connectivity index is 1.74. The summed E-state index contributed by atoms with van der Waals surface area (Å²) in [6.45, 7) is 7.39. The van der Waals surface area contributed by atoms with Gasteiger partial charge in [0.15, 0.2) is 0 Å². The number of rotatable bonds is 5. The lowest BCUT2D eigenvalue weighted by Gasteiger charge is -2.44. The Morgan fingerprint density at radius 1 is 1.33 bits per heavy atom. The topological polar surface area (TPSA) is 41.6 Å². The molecule has 0 saturated carbocycles. The minimum Gasteiger partial charge on any atom is -0.428 e. The van der Waals surface area contributed by atoms with Crippen molar-refractivity contribution in [3.05, 3.63) is 42.0 Å². The van der Waals surface area contributed by atoms with E-state index in [-0.39, 0.29) is 23.3 Å². The molecule has 2 bridgehead atoms. The van der Waals surface area contributed by atoms with E-state index in [0.29, 0.717) is 5.92 Å². The second kappa shape index (κ2) is 6.51. The molecular formula is C18H22F2N2O2. The second-order valence-electron chi connectivity index (χ2n) is 6.61. The molecule has 6 heteroatoms. The standard InChI is InChI=1S/C18H22F2N2O2/c1-12(2)18(19,20)24-16-6-4-3-5-14(16)17(23)21-15-11-22-9-7-13(15)8-10-22/h3-6,13,15H,1,7-11H2,2H3,(H,21,23). The number of benzene rings is 1. The van der Waals surface area contributed by atoms with E-state index < -0.39 is 11.7 Å². The van der Waals surface area contributed by atoms with Crippen LogP contribution in [0.15, 0.2) is 36.4 Å². The van der Waals surface area contributed by atoms with E-state index in [0.717, 1.165) is 32.5 Å². The predicted molar refractivity (Wildman–Crippen MR) is 87.2 cm³/mol. The third-order valence-electron chi connectivity index (χ3n) is 4.84. The van der Waals surface area contributed by atoms with Gasteiger partial charge in [-0.05, 0) is 50.9 Å². The number of ether oxygens (including phenoxy) is 1. The van der Waals surface area contributed by atoms with Gasteiger partial charge in [0.25, 0.3) is 5.91 Å². The highest BCUT2D eigenvalue weighted by Crippen LogP contribution is 2.31. The molecule has 1 unspecified atom stereocenters. The van der Waals surface area contributed by atoms with Crippen LogP contribution in [0.4, 0.5) is 8.78 Å². The summed E-state index contributed by atoms with van der Waals surface area (Å²) in [6.07, 6.45) is -1.38. The Morgan fingerprint density at radius 2 is 2.00 bits per heavy atom. The van der Waals surface area contributed by atoms with Gasteiger partial charge in [0.2, 0.25) is 0 Å². The second-order valence-corrected chi connectivity index (χ2v) is 6.61. The Morgan fingerprint density at radius 3 is 2.58 bits per heavy atom. The molecule has 3 aliphatic rings. The van der Waals surface area contributed by atoms with Crippen LogP contribution in [0.5, 0.6) is 5.75 Å². The third-order valence-corrected chi connectivity index (χ3v) is 4.84. The van der Waals surface area contributed by atoms with Gasteiger partial charge >= 0.3 is 6.11 Å². The van der Waals surface area contributed by atoms with Crippen molar-refractivity contribution in [1.29, 1.82) is 0 Å². The maximum atomic E-state index is 13.8. The first-order valence-electron chi connectivity index (χ1n) is 8.22. The van der Waals surface area contributed by atoms with Crippen LogP contribution in [0.1, 0.15) is 30.1 Å². The summed E-state index contributed by atoms with van der Waals surface area (Å²) in [5, 5.41) is 2.99. The summed E-state index contributed by atoms with van der Waals surface area (Å²) in [4.78, 5) is 14.9. The molecule has 0 radical (unpaired) electrons. The van der Waals surface area contributed by atoms with Crippen molar-refractivity contribution in [2.45, 2.75) is 31.9 Å². The summed E-state index contributed by atoms with van der Waals surface area (Å²) >= 11 is 0. The summed E-state index contributed by atoms with van der Waals surface area (Å²) in [6, 6.07) is 6.14. The minimum absolute atomic E-state index is 0.0645. The van der Waals surface area contributed by atoms with Gasteiger partial charge in [-0.15, -0.1) is 0 Å². The SMILES string of the molecule is C=C(C)C(F)(F)Oc1ccccc1C(=O)NC1CN2CCC1CC2.